The molecule has 1 aromatic carbocycles. The third kappa shape index (κ3) is 15.8. The number of rotatable bonds is 11. The van der Waals surface area contributed by atoms with Crippen LogP contribution in [0.4, 0.5) is 14.5 Å². The molecule has 25 heteroatoms. The second-order valence-corrected chi connectivity index (χ2v) is 17.1. The van der Waals surface area contributed by atoms with Gasteiger partial charge < -0.3 is 32.9 Å². The van der Waals surface area contributed by atoms with Gasteiger partial charge in [-0.1, -0.05) is 82.8 Å². The molecule has 1 N–H and O–H groups in total. The number of azo groups is 2. The van der Waals surface area contributed by atoms with Crippen molar-refractivity contribution in [1.82, 2.24) is 53.7 Å². The molecule has 4 radical (unpaired) electrons. The summed E-state index contributed by atoms with van der Waals surface area (Å²) in [6, 6.07) is 11.6. The van der Waals surface area contributed by atoms with E-state index in [1.807, 2.05) is 77.2 Å². The van der Waals surface area contributed by atoms with Crippen LogP contribution in [0.5, 0.6) is 0 Å². The molecule has 0 amide bonds. The Balaban J connectivity index is 0.000000311. The molecule has 9 rings (SSSR count). The Kier molecular flexibility index (Phi) is 24.6. The van der Waals surface area contributed by atoms with Crippen LogP contribution in [0.1, 0.15) is 87.7 Å². The molecule has 69 heavy (non-hydrogen) atoms. The molecule has 17 nitrogen and oxygen atoms in total. The van der Waals surface area contributed by atoms with Crippen LogP contribution in [0.15, 0.2) is 87.4 Å². The van der Waals surface area contributed by atoms with E-state index in [0.717, 1.165) is 70.3 Å². The summed E-state index contributed by atoms with van der Waals surface area (Å²) in [4.78, 5) is 7.64. The van der Waals surface area contributed by atoms with Crippen molar-refractivity contribution in [2.24, 2.45) is 20.5 Å². The first-order chi connectivity index (χ1) is 31.2. The van der Waals surface area contributed by atoms with Crippen molar-refractivity contribution in [1.29, 1.82) is 0 Å². The molecule has 374 valence electrons. The zero-order valence-electron chi connectivity index (χ0n) is 38.5. The molecule has 0 atom stereocenters. The summed E-state index contributed by atoms with van der Waals surface area (Å²) in [5.74, 6) is 2.19. The second-order valence-electron chi connectivity index (χ2n) is 15.5. The van der Waals surface area contributed by atoms with E-state index >= 15 is 0 Å². The first kappa shape index (κ1) is 60.8. The van der Waals surface area contributed by atoms with E-state index in [0.29, 0.717) is 40.4 Å². The SMILES string of the molecule is CCCc1ccn(C2=[C-]C(C)(C)N=N2)n1.Cc1nc(-n2cc(C)c(CF)n2)[c-]s1.FCc1nn(-c2[c-]snn2)cc1-c1ccccc1.[C-]#[N+]c1cn(C2=C(O)C(C)(C)N=N2)nc1CCC.[Ir].[Ir].[Ir].[Rh]. The van der Waals surface area contributed by atoms with Crippen LogP contribution in [-0.4, -0.2) is 69.9 Å². The maximum absolute atomic E-state index is 13.0. The van der Waals surface area contributed by atoms with Gasteiger partial charge in [-0.25, -0.2) is 39.6 Å². The number of aliphatic hydroxyl groups is 1. The van der Waals surface area contributed by atoms with Crippen LogP contribution in [-0.2, 0) is 106 Å². The van der Waals surface area contributed by atoms with Gasteiger partial charge in [-0.05, 0) is 62.2 Å². The maximum Gasteiger partial charge on any atom is 0.227 e. The number of halogens is 2. The first-order valence-electron chi connectivity index (χ1n) is 20.5. The predicted molar refractivity (Wildman–Crippen MR) is 244 cm³/mol. The van der Waals surface area contributed by atoms with Crippen molar-refractivity contribution in [3.05, 3.63) is 129 Å². The van der Waals surface area contributed by atoms with Crippen LogP contribution < -0.4 is 0 Å². The van der Waals surface area contributed by atoms with Gasteiger partial charge >= 0.3 is 0 Å². The van der Waals surface area contributed by atoms with Gasteiger partial charge in [0.25, 0.3) is 0 Å². The van der Waals surface area contributed by atoms with Crippen LogP contribution >= 0.6 is 22.9 Å². The molecule has 0 fully saturated rings. The van der Waals surface area contributed by atoms with Crippen molar-refractivity contribution in [3.8, 4) is 22.8 Å². The smallest absolute Gasteiger partial charge is 0.227 e. The minimum atomic E-state index is -0.718. The number of aliphatic hydroxyl groups excluding tert-OH is 1. The Morgan fingerprint density at radius 3 is 1.97 bits per heavy atom. The minimum Gasteiger partial charge on any atom is -0.506 e. The molecule has 0 saturated heterocycles. The molecule has 0 spiro atoms. The largest absolute Gasteiger partial charge is 0.506 e. The number of alkyl halides is 2. The van der Waals surface area contributed by atoms with Crippen molar-refractivity contribution in [2.75, 3.05) is 0 Å². The van der Waals surface area contributed by atoms with E-state index in [-0.39, 0.29) is 91.1 Å². The Morgan fingerprint density at radius 2 is 1.43 bits per heavy atom. The third-order valence-electron chi connectivity index (χ3n) is 9.39. The quantitative estimate of drug-likeness (QED) is 0.0980. The van der Waals surface area contributed by atoms with Crippen molar-refractivity contribution < 1.29 is 93.7 Å². The summed E-state index contributed by atoms with van der Waals surface area (Å²) in [5.41, 5.74) is 4.67. The van der Waals surface area contributed by atoms with Crippen LogP contribution in [0.3, 0.4) is 0 Å². The topological polar surface area (TPSA) is 184 Å². The van der Waals surface area contributed by atoms with Crippen LogP contribution in [0, 0.1) is 37.3 Å². The van der Waals surface area contributed by atoms with Gasteiger partial charge in [-0.15, -0.1) is 15.0 Å². The summed E-state index contributed by atoms with van der Waals surface area (Å²) < 4.78 is 35.4. The molecular weight excluding hydrogens is 1550 g/mol. The normalized spacial score (nSPS) is 13.4. The Morgan fingerprint density at radius 1 is 0.768 bits per heavy atom. The van der Waals surface area contributed by atoms with Gasteiger partial charge in [0.05, 0.1) is 29.5 Å². The predicted octanol–water partition coefficient (Wildman–Crippen LogP) is 10.9. The van der Waals surface area contributed by atoms with E-state index in [1.165, 1.54) is 20.7 Å². The monoisotopic (exact) mass is 1600 g/mol. The van der Waals surface area contributed by atoms with Crippen molar-refractivity contribution in [2.45, 2.75) is 106 Å². The molecule has 7 aromatic rings. The van der Waals surface area contributed by atoms with Gasteiger partial charge in [0, 0.05) is 116 Å². The Labute approximate surface area is 460 Å². The van der Waals surface area contributed by atoms with Gasteiger partial charge in [0.1, 0.15) is 24.6 Å². The van der Waals surface area contributed by atoms with E-state index in [1.54, 1.807) is 41.8 Å². The number of nitrogens with zero attached hydrogens (tertiary/aromatic N) is 16. The Bertz CT molecular complexity index is 2860. The molecule has 6 aromatic heterocycles. The number of thiazole rings is 1. The zero-order chi connectivity index (χ0) is 46.7. The fraction of sp³-hybridized carbons (Fsp3) is 0.364. The molecule has 0 aliphatic carbocycles. The third-order valence-corrected chi connectivity index (χ3v) is 10.5. The maximum atomic E-state index is 13.0. The number of aromatic nitrogens is 11. The number of benzene rings is 1. The molecule has 2 aliphatic heterocycles. The molecular formula is C44H47F2Ir3N16ORhS2-3. The van der Waals surface area contributed by atoms with E-state index in [4.69, 9.17) is 6.57 Å². The molecule has 8 heterocycles. The number of hydrogen-bond donors (Lipinski definition) is 1. The van der Waals surface area contributed by atoms with Crippen molar-refractivity contribution in [3.63, 3.8) is 0 Å². The summed E-state index contributed by atoms with van der Waals surface area (Å²) in [5, 5.41) is 53.7. The average molecular weight is 1600 g/mol. The van der Waals surface area contributed by atoms with Crippen LogP contribution in [0.25, 0.3) is 39.2 Å². The minimum absolute atomic E-state index is 0. The number of hydrogen-bond acceptors (Lipinski definition) is 14. The fourth-order valence-electron chi connectivity index (χ4n) is 6.04. The van der Waals surface area contributed by atoms with Gasteiger partial charge in [-0.2, -0.15) is 35.7 Å². The molecule has 2 aliphatic rings. The fourth-order valence-corrected chi connectivity index (χ4v) is 6.92. The second kappa shape index (κ2) is 27.9. The number of aryl methyl sites for hydroxylation is 4. The standard InChI is InChI=1S/C12H8FN4S.C12H15N5O.C11H15N4.C9H9FN3S.3Ir.Rh/c13-6-11-10(9-4-2-1-3-5-9)7-17(15-11)12-8-18-16-14-12;1-5-6-8-9(13-4)7-17(15-8)11-10(18)12(2,3)16-14-11;1-4-5-9-6-7-15(13-9)10-8-11(2,3)14-12-10;1-6-4-13(12-8(6)3-10)9-5-14-7(2)11-9;;;;/h1-5,7H,6H2;7,18H,5-6H2,1-3H3;6-7H,4-5H2,1-3H3;4H,3H2,1-2H3;;;;/q-1;;2*-1;;;;. The summed E-state index contributed by atoms with van der Waals surface area (Å²) in [7, 11) is 0. The van der Waals surface area contributed by atoms with Crippen LogP contribution in [0.2, 0.25) is 0 Å². The first-order valence-corrected chi connectivity index (χ1v) is 22.1. The van der Waals surface area contributed by atoms with Gasteiger partial charge in [0.2, 0.25) is 11.5 Å². The zero-order valence-corrected chi connectivity index (χ0v) is 49.0. The van der Waals surface area contributed by atoms with Crippen molar-refractivity contribution >= 4 is 40.2 Å². The molecule has 0 bridgehead atoms. The summed E-state index contributed by atoms with van der Waals surface area (Å²) in [6.45, 7) is 21.3. The summed E-state index contributed by atoms with van der Waals surface area (Å²) in [6.07, 6.45) is 13.9. The van der Waals surface area contributed by atoms with Gasteiger partial charge in [0.15, 0.2) is 5.76 Å². The van der Waals surface area contributed by atoms with E-state index in [9.17, 15) is 13.9 Å². The summed E-state index contributed by atoms with van der Waals surface area (Å²) >= 11 is 2.54. The average Bonchev–Trinajstić information content (AvgIpc) is 4.15. The van der Waals surface area contributed by atoms with Gasteiger partial charge in [-0.3, -0.25) is 9.36 Å². The molecule has 0 unspecified atom stereocenters. The Hall–Kier alpha value is -4.35. The van der Waals surface area contributed by atoms with E-state index in [2.05, 4.69) is 84.0 Å². The van der Waals surface area contributed by atoms with E-state index < -0.39 is 18.9 Å². The molecule has 0 saturated carbocycles.